The number of nitrogens with one attached hydrogen (secondary N) is 1. The largest absolute Gasteiger partial charge is 0.477 e. The number of carbonyl (C=O) groups excluding carboxylic acids is 3. The number of oxime groups is 1. The molecule has 2 aromatic heterocycles. The number of fused-ring (bicyclic) bond motifs is 1. The predicted octanol–water partition coefficient (Wildman–Crippen LogP) is 0.396. The number of likely N-dealkylation sites (tertiary alicyclic amines) is 1. The van der Waals surface area contributed by atoms with E-state index in [-0.39, 0.29) is 28.2 Å². The molecule has 3 aliphatic heterocycles. The molecule has 15 heteroatoms. The van der Waals surface area contributed by atoms with Gasteiger partial charge in [-0.25, -0.2) is 9.78 Å². The number of allylic oxidation sites excluding steroid dienone is 1. The molecule has 0 aromatic carbocycles. The molecule has 5 rings (SSSR count). The summed E-state index contributed by atoms with van der Waals surface area (Å²) < 4.78 is 0. The molecule has 0 radical (unpaired) electrons. The van der Waals surface area contributed by atoms with Gasteiger partial charge in [0.1, 0.15) is 22.8 Å². The number of pyridine rings is 1. The van der Waals surface area contributed by atoms with Crippen molar-refractivity contribution in [2.24, 2.45) is 5.16 Å². The second kappa shape index (κ2) is 10.3. The first kappa shape index (κ1) is 25.4. The zero-order valence-corrected chi connectivity index (χ0v) is 21.2. The van der Waals surface area contributed by atoms with Crippen LogP contribution >= 0.6 is 23.1 Å². The average molecular weight is 556 g/mol. The normalized spacial score (nSPS) is 22.5. The number of thiazole rings is 1. The van der Waals surface area contributed by atoms with Crippen LogP contribution < -0.4 is 11.1 Å². The van der Waals surface area contributed by atoms with E-state index in [1.54, 1.807) is 23.4 Å². The number of carboxylic acids is 1. The summed E-state index contributed by atoms with van der Waals surface area (Å²) in [5.74, 6) is -2.76. The summed E-state index contributed by atoms with van der Waals surface area (Å²) >= 11 is 2.31. The maximum atomic E-state index is 13.0. The molecule has 0 saturated carbocycles. The number of carboxylic acid groups (broad SMARTS) is 1. The lowest BCUT2D eigenvalue weighted by molar-refractivity contribution is -0.150. The molecule has 2 fully saturated rings. The van der Waals surface area contributed by atoms with Crippen LogP contribution in [0.2, 0.25) is 0 Å². The number of thioether (sulfide) groups is 1. The highest BCUT2D eigenvalue weighted by Crippen LogP contribution is 2.41. The number of hydrogen-bond donors (Lipinski definition) is 4. The van der Waals surface area contributed by atoms with Crippen molar-refractivity contribution in [2.75, 3.05) is 18.0 Å². The molecule has 5 heterocycles. The Bertz CT molecular complexity index is 1420. The highest BCUT2D eigenvalue weighted by molar-refractivity contribution is 8.00. The molecule has 3 aliphatic rings. The van der Waals surface area contributed by atoms with E-state index in [0.717, 1.165) is 21.8 Å². The number of nitrogens with zero attached hydrogens (tertiary/aromatic N) is 5. The number of rotatable bonds is 7. The number of aromatic nitrogens is 2. The molecule has 0 aliphatic carbocycles. The molecule has 0 unspecified atom stereocenters. The monoisotopic (exact) mass is 555 g/mol. The van der Waals surface area contributed by atoms with Gasteiger partial charge in [-0.05, 0) is 35.8 Å². The van der Waals surface area contributed by atoms with Gasteiger partial charge in [-0.15, -0.1) is 23.1 Å². The van der Waals surface area contributed by atoms with Gasteiger partial charge in [-0.2, -0.15) is 0 Å². The van der Waals surface area contributed by atoms with Crippen molar-refractivity contribution in [3.8, 4) is 0 Å². The Kier molecular flexibility index (Phi) is 6.86. The van der Waals surface area contributed by atoms with Crippen LogP contribution in [0.5, 0.6) is 0 Å². The molecule has 0 bridgehead atoms. The first-order chi connectivity index (χ1) is 18.3. The highest BCUT2D eigenvalue weighted by atomic mass is 32.2. The Morgan fingerprint density at radius 2 is 2.05 bits per heavy atom. The second-order valence-corrected chi connectivity index (χ2v) is 10.6. The van der Waals surface area contributed by atoms with E-state index in [1.807, 2.05) is 12.1 Å². The van der Waals surface area contributed by atoms with Gasteiger partial charge in [-0.3, -0.25) is 24.3 Å². The van der Waals surface area contributed by atoms with Crippen LogP contribution in [0.15, 0.2) is 58.0 Å². The maximum absolute atomic E-state index is 13.0. The van der Waals surface area contributed by atoms with Crippen molar-refractivity contribution >= 4 is 57.6 Å². The minimum Gasteiger partial charge on any atom is -0.477 e. The van der Waals surface area contributed by atoms with E-state index < -0.39 is 34.9 Å². The van der Waals surface area contributed by atoms with E-state index in [9.17, 15) is 29.5 Å². The summed E-state index contributed by atoms with van der Waals surface area (Å²) in [5.41, 5.74) is 6.73. The van der Waals surface area contributed by atoms with E-state index in [4.69, 9.17) is 5.73 Å². The van der Waals surface area contributed by atoms with Crippen LogP contribution in [-0.2, 0) is 25.7 Å². The van der Waals surface area contributed by atoms with Crippen molar-refractivity contribution in [2.45, 2.75) is 24.4 Å². The molecular formula is C23H21N7O6S2. The topological polar surface area (TPSA) is 191 Å². The van der Waals surface area contributed by atoms with E-state index in [0.29, 0.717) is 30.7 Å². The molecule has 196 valence electrons. The summed E-state index contributed by atoms with van der Waals surface area (Å²) in [7, 11) is 0. The van der Waals surface area contributed by atoms with E-state index >= 15 is 0 Å². The summed E-state index contributed by atoms with van der Waals surface area (Å²) in [4.78, 5) is 61.4. The summed E-state index contributed by atoms with van der Waals surface area (Å²) in [6.45, 7) is 0.910. The van der Waals surface area contributed by atoms with Gasteiger partial charge >= 0.3 is 5.97 Å². The third-order valence-corrected chi connectivity index (χ3v) is 8.23. The molecule has 38 heavy (non-hydrogen) atoms. The summed E-state index contributed by atoms with van der Waals surface area (Å²) in [6.07, 6.45) is 5.31. The summed E-state index contributed by atoms with van der Waals surface area (Å²) in [6, 6.07) is 2.61. The molecule has 5 N–H and O–H groups in total. The van der Waals surface area contributed by atoms with Crippen molar-refractivity contribution in [1.82, 2.24) is 25.1 Å². The number of hydrogen-bond acceptors (Lipinski definition) is 11. The van der Waals surface area contributed by atoms with Gasteiger partial charge in [0.05, 0.1) is 0 Å². The van der Waals surface area contributed by atoms with E-state index in [1.165, 1.54) is 17.1 Å². The molecular weight excluding hydrogens is 534 g/mol. The second-order valence-electron chi connectivity index (χ2n) is 8.56. The van der Waals surface area contributed by atoms with Gasteiger partial charge in [-0.1, -0.05) is 5.16 Å². The van der Waals surface area contributed by atoms with Crippen LogP contribution in [-0.4, -0.2) is 83.2 Å². The molecule has 2 atom stereocenters. The van der Waals surface area contributed by atoms with Gasteiger partial charge in [0.25, 0.3) is 11.8 Å². The van der Waals surface area contributed by atoms with Gasteiger partial charge < -0.3 is 26.3 Å². The zero-order chi connectivity index (χ0) is 27.0. The van der Waals surface area contributed by atoms with Crippen LogP contribution in [0.3, 0.4) is 0 Å². The highest BCUT2D eigenvalue weighted by Gasteiger charge is 2.54. The fourth-order valence-electron chi connectivity index (χ4n) is 4.44. The number of nitrogens with two attached hydrogens (primary N) is 1. The lowest BCUT2D eigenvalue weighted by Gasteiger charge is -2.49. The van der Waals surface area contributed by atoms with Crippen molar-refractivity contribution < 1.29 is 29.5 Å². The van der Waals surface area contributed by atoms with Crippen LogP contribution in [0.25, 0.3) is 0 Å². The fraction of sp³-hybridized carbons (Fsp3) is 0.261. The molecule has 2 saturated heterocycles. The van der Waals surface area contributed by atoms with Gasteiger partial charge in [0, 0.05) is 42.2 Å². The first-order valence-corrected chi connectivity index (χ1v) is 13.3. The maximum Gasteiger partial charge on any atom is 0.352 e. The third-order valence-electron chi connectivity index (χ3n) is 6.25. The number of nitrogen functional groups attached to an aromatic ring is 1. The van der Waals surface area contributed by atoms with Gasteiger partial charge in [0.15, 0.2) is 10.8 Å². The Hall–Kier alpha value is -4.24. The van der Waals surface area contributed by atoms with E-state index in [2.05, 4.69) is 20.4 Å². The van der Waals surface area contributed by atoms with Crippen molar-refractivity contribution in [3.63, 3.8) is 0 Å². The van der Waals surface area contributed by atoms with Gasteiger partial charge in [0.2, 0.25) is 5.91 Å². The minimum absolute atomic E-state index is 0.0478. The Labute approximate surface area is 223 Å². The van der Waals surface area contributed by atoms with Crippen molar-refractivity contribution in [1.29, 1.82) is 0 Å². The molecule has 13 nitrogen and oxygen atoms in total. The van der Waals surface area contributed by atoms with Crippen LogP contribution in [0, 0.1) is 0 Å². The fourth-order valence-corrected chi connectivity index (χ4v) is 6.30. The SMILES string of the molecule is Nc1nc(/C(=N/O)C(=O)N[C@@H]2C(=O)N3C(C(=O)O)=C(/C=C4\CCN(Cc5ccncc5)C4=O)CS[C@H]23)cs1. The van der Waals surface area contributed by atoms with Crippen molar-refractivity contribution in [3.05, 3.63) is 64.1 Å². The molecule has 0 spiro atoms. The zero-order valence-electron chi connectivity index (χ0n) is 19.6. The number of aliphatic carboxylic acids is 1. The van der Waals surface area contributed by atoms with Crippen LogP contribution in [0.4, 0.5) is 5.13 Å². The van der Waals surface area contributed by atoms with Crippen LogP contribution in [0.1, 0.15) is 17.7 Å². The average Bonchev–Trinajstić information content (AvgIpc) is 3.48. The smallest absolute Gasteiger partial charge is 0.352 e. The molecule has 2 aromatic rings. The Morgan fingerprint density at radius 3 is 2.71 bits per heavy atom. The summed E-state index contributed by atoms with van der Waals surface area (Å²) in [5, 5.41) is 25.6. The number of carbonyl (C=O) groups is 4. The number of amides is 3. The number of β-lactam (4-membered cyclic amide) rings is 1. The molecule has 3 amide bonds. The lowest BCUT2D eigenvalue weighted by atomic mass is 10.0. The third kappa shape index (κ3) is 4.61. The first-order valence-electron chi connectivity index (χ1n) is 11.3. The standard InChI is InChI=1S/C23H21N7O6S2/c24-23-26-14(10-38-23)15(28-36)18(31)27-16-20(33)30-17(22(34)35)13(9-37-21(16)30)7-12-3-6-29(19(12)32)8-11-1-4-25-5-2-11/h1-2,4-5,7,10,16,21,36H,3,6,8-9H2,(H2,24,26)(H,27,31)(H,34,35)/b12-7+,28-15-/t16-,21-/m1/s1. The number of anilines is 1. The predicted molar refractivity (Wildman–Crippen MR) is 137 cm³/mol. The lowest BCUT2D eigenvalue weighted by Crippen LogP contribution is -2.71. The Morgan fingerprint density at radius 1 is 1.29 bits per heavy atom. The quantitative estimate of drug-likeness (QED) is 0.122. The minimum atomic E-state index is -1.31. The Balaban J connectivity index is 1.32.